The molecule has 2 N–H and O–H groups in total. The van der Waals surface area contributed by atoms with Crippen LogP contribution in [-0.2, 0) is 6.18 Å². The second-order valence-electron chi connectivity index (χ2n) is 10.1. The van der Waals surface area contributed by atoms with Crippen LogP contribution in [0.4, 0.5) is 24.8 Å². The van der Waals surface area contributed by atoms with Gasteiger partial charge in [0, 0.05) is 50.3 Å². The first kappa shape index (κ1) is 27.4. The smallest absolute Gasteiger partial charge is 0.433 e. The van der Waals surface area contributed by atoms with Crippen molar-refractivity contribution in [1.82, 2.24) is 25.3 Å². The molecule has 3 aromatic heterocycles. The van der Waals surface area contributed by atoms with E-state index in [1.54, 1.807) is 17.0 Å². The number of aromatic nitrogens is 4. The topological polar surface area (TPSA) is 109 Å². The molecule has 4 aromatic rings. The molecule has 9 nitrogen and oxygen atoms in total. The fraction of sp³-hybridized carbons (Fsp3) is 0.393. The minimum atomic E-state index is -4.51. The number of nitrogens with one attached hydrogen (secondary N) is 2. The summed E-state index contributed by atoms with van der Waals surface area (Å²) in [5.41, 5.74) is 3.44. The number of hydrogen-bond donors (Lipinski definition) is 2. The van der Waals surface area contributed by atoms with E-state index in [4.69, 9.17) is 4.42 Å². The molecule has 4 heterocycles. The highest BCUT2D eigenvalue weighted by Crippen LogP contribution is 2.33. The van der Waals surface area contributed by atoms with Crippen molar-refractivity contribution in [3.63, 3.8) is 0 Å². The number of alkyl halides is 3. The molecule has 5 rings (SSSR count). The Bertz CT molecular complexity index is 1490. The number of benzene rings is 1. The molecule has 0 unspecified atom stereocenters. The Balaban J connectivity index is 1.18. The molecule has 1 aliphatic rings. The Morgan fingerprint density at radius 1 is 1.12 bits per heavy atom. The zero-order valence-corrected chi connectivity index (χ0v) is 22.4. The van der Waals surface area contributed by atoms with Gasteiger partial charge < -0.3 is 20.0 Å². The largest absolute Gasteiger partial charge is 0.434 e. The van der Waals surface area contributed by atoms with Crippen molar-refractivity contribution in [2.75, 3.05) is 36.9 Å². The Hall–Kier alpha value is -4.22. The average Bonchev–Trinajstić information content (AvgIpc) is 3.39. The van der Waals surface area contributed by atoms with Gasteiger partial charge in [-0.05, 0) is 55.0 Å². The average molecular weight is 554 g/mol. The summed E-state index contributed by atoms with van der Waals surface area (Å²) in [6.45, 7) is 5.66. The number of carbonyl (C=O) groups excluding carboxylic acids is 1. The van der Waals surface area contributed by atoms with E-state index in [-0.39, 0.29) is 23.7 Å². The summed E-state index contributed by atoms with van der Waals surface area (Å²) >= 11 is 0. The highest BCUT2D eigenvalue weighted by atomic mass is 19.4. The van der Waals surface area contributed by atoms with Crippen LogP contribution in [0.25, 0.3) is 22.7 Å². The first-order chi connectivity index (χ1) is 19.1. The summed E-state index contributed by atoms with van der Waals surface area (Å²) in [5, 5.41) is 6.09. The molecule has 0 aliphatic carbocycles. The van der Waals surface area contributed by atoms with Crippen LogP contribution < -0.4 is 15.5 Å². The lowest BCUT2D eigenvalue weighted by molar-refractivity contribution is -0.141. The summed E-state index contributed by atoms with van der Waals surface area (Å²) in [6, 6.07) is 8.23. The highest BCUT2D eigenvalue weighted by Gasteiger charge is 2.33. The molecule has 0 radical (unpaired) electrons. The zero-order valence-electron chi connectivity index (χ0n) is 22.4. The van der Waals surface area contributed by atoms with Crippen LogP contribution in [0.5, 0.6) is 0 Å². The second-order valence-corrected chi connectivity index (χ2v) is 10.1. The van der Waals surface area contributed by atoms with Crippen molar-refractivity contribution in [3.8, 4) is 11.6 Å². The van der Waals surface area contributed by atoms with E-state index in [0.717, 1.165) is 34.6 Å². The van der Waals surface area contributed by atoms with Gasteiger partial charge in [0.2, 0.25) is 11.8 Å². The number of fused-ring (bicyclic) bond motifs is 1. The molecule has 12 heteroatoms. The molecule has 40 heavy (non-hydrogen) atoms. The number of halogens is 3. The summed E-state index contributed by atoms with van der Waals surface area (Å²) < 4.78 is 45.0. The first-order valence-corrected chi connectivity index (χ1v) is 13.1. The summed E-state index contributed by atoms with van der Waals surface area (Å²) in [5.74, 6) is 0.646. The third kappa shape index (κ3) is 5.85. The third-order valence-electron chi connectivity index (χ3n) is 7.06. The molecule has 0 saturated carbocycles. The van der Waals surface area contributed by atoms with Gasteiger partial charge in [-0.2, -0.15) is 13.2 Å². The Morgan fingerprint density at radius 3 is 2.55 bits per heavy atom. The van der Waals surface area contributed by atoms with E-state index in [1.807, 2.05) is 19.2 Å². The quantitative estimate of drug-likeness (QED) is 0.308. The van der Waals surface area contributed by atoms with Crippen LogP contribution in [0, 0.1) is 5.92 Å². The fourth-order valence-electron chi connectivity index (χ4n) is 4.73. The Kier molecular flexibility index (Phi) is 7.59. The molecule has 210 valence electrons. The predicted molar refractivity (Wildman–Crippen MR) is 145 cm³/mol. The standard InChI is InChI=1S/C28H30F3N7O2/c1-16(2)20-12-19(32-3)13-22-24(20)40-26(36-22)21-5-4-18(15-34-21)25(39)35-14-17-7-10-38(11-8-17)27-33-9-6-23(37-27)28(29,30)31/h4-6,9,12-13,15-17,32H,7-8,10-11,14H2,1-3H3,(H,35,39). The second kappa shape index (κ2) is 11.1. The van der Waals surface area contributed by atoms with E-state index in [2.05, 4.69) is 44.4 Å². The van der Waals surface area contributed by atoms with Crippen LogP contribution in [0.2, 0.25) is 0 Å². The maximum absolute atomic E-state index is 13.0. The summed E-state index contributed by atoms with van der Waals surface area (Å²) in [4.78, 5) is 31.2. The molecular formula is C28H30F3N7O2. The number of amides is 1. The van der Waals surface area contributed by atoms with Crippen molar-refractivity contribution < 1.29 is 22.4 Å². The van der Waals surface area contributed by atoms with E-state index in [0.29, 0.717) is 49.6 Å². The number of anilines is 2. The molecule has 1 aromatic carbocycles. The van der Waals surface area contributed by atoms with Gasteiger partial charge in [0.05, 0.1) is 5.56 Å². The molecular weight excluding hydrogens is 523 g/mol. The van der Waals surface area contributed by atoms with E-state index < -0.39 is 11.9 Å². The molecule has 0 spiro atoms. The lowest BCUT2D eigenvalue weighted by atomic mass is 9.97. The van der Waals surface area contributed by atoms with Gasteiger partial charge in [0.25, 0.3) is 5.91 Å². The van der Waals surface area contributed by atoms with E-state index in [9.17, 15) is 18.0 Å². The normalized spacial score (nSPS) is 14.6. The van der Waals surface area contributed by atoms with Gasteiger partial charge in [-0.1, -0.05) is 13.8 Å². The monoisotopic (exact) mass is 553 g/mol. The van der Waals surface area contributed by atoms with Crippen LogP contribution in [0.1, 0.15) is 54.2 Å². The number of piperidine rings is 1. The lowest BCUT2D eigenvalue weighted by Crippen LogP contribution is -2.39. The van der Waals surface area contributed by atoms with Crippen molar-refractivity contribution in [2.24, 2.45) is 5.92 Å². The fourth-order valence-corrected chi connectivity index (χ4v) is 4.73. The van der Waals surface area contributed by atoms with Crippen molar-refractivity contribution in [1.29, 1.82) is 0 Å². The number of nitrogens with zero attached hydrogens (tertiary/aromatic N) is 5. The predicted octanol–water partition coefficient (Wildman–Crippen LogP) is 5.51. The van der Waals surface area contributed by atoms with Crippen molar-refractivity contribution >= 4 is 28.6 Å². The number of oxazole rings is 1. The van der Waals surface area contributed by atoms with Crippen molar-refractivity contribution in [2.45, 2.75) is 38.8 Å². The number of hydrogen-bond acceptors (Lipinski definition) is 8. The number of rotatable bonds is 7. The Morgan fingerprint density at radius 2 is 1.90 bits per heavy atom. The van der Waals surface area contributed by atoms with Gasteiger partial charge in [-0.25, -0.2) is 15.0 Å². The van der Waals surface area contributed by atoms with E-state index >= 15 is 0 Å². The summed E-state index contributed by atoms with van der Waals surface area (Å²) in [6.07, 6.45) is -0.492. The maximum Gasteiger partial charge on any atom is 0.433 e. The van der Waals surface area contributed by atoms with Crippen LogP contribution >= 0.6 is 0 Å². The van der Waals surface area contributed by atoms with E-state index in [1.165, 1.54) is 6.20 Å². The minimum absolute atomic E-state index is 0.0744. The van der Waals surface area contributed by atoms with Crippen LogP contribution in [-0.4, -0.2) is 52.5 Å². The number of carbonyl (C=O) groups is 1. The van der Waals surface area contributed by atoms with Gasteiger partial charge >= 0.3 is 6.18 Å². The number of pyridine rings is 1. The van der Waals surface area contributed by atoms with Crippen LogP contribution in [0.3, 0.4) is 0 Å². The summed E-state index contributed by atoms with van der Waals surface area (Å²) in [7, 11) is 1.86. The molecule has 1 fully saturated rings. The molecule has 1 saturated heterocycles. The van der Waals surface area contributed by atoms with Gasteiger partial charge in [0.15, 0.2) is 5.58 Å². The third-order valence-corrected chi connectivity index (χ3v) is 7.06. The van der Waals surface area contributed by atoms with Gasteiger partial charge in [0.1, 0.15) is 16.9 Å². The van der Waals surface area contributed by atoms with Gasteiger partial charge in [-0.3, -0.25) is 9.78 Å². The van der Waals surface area contributed by atoms with Gasteiger partial charge in [-0.15, -0.1) is 0 Å². The SMILES string of the molecule is CNc1cc(C(C)C)c2oc(-c3ccc(C(=O)NCC4CCN(c5nccc(C(F)(F)F)n5)CC4)cn3)nc2c1. The van der Waals surface area contributed by atoms with Crippen LogP contribution in [0.15, 0.2) is 47.1 Å². The first-order valence-electron chi connectivity index (χ1n) is 13.1. The van der Waals surface area contributed by atoms with Crippen molar-refractivity contribution in [3.05, 3.63) is 59.5 Å². The minimum Gasteiger partial charge on any atom is -0.434 e. The Labute approximate surface area is 229 Å². The molecule has 1 amide bonds. The zero-order chi connectivity index (χ0) is 28.4. The molecule has 0 atom stereocenters. The lowest BCUT2D eigenvalue weighted by Gasteiger charge is -2.32. The molecule has 1 aliphatic heterocycles. The highest BCUT2D eigenvalue weighted by molar-refractivity contribution is 5.94. The molecule has 0 bridgehead atoms. The maximum atomic E-state index is 13.0.